The minimum atomic E-state index is -1.19. The van der Waals surface area contributed by atoms with Crippen LogP contribution in [0.15, 0.2) is 24.3 Å². The summed E-state index contributed by atoms with van der Waals surface area (Å²) in [7, 11) is 1.50. The maximum Gasteiger partial charge on any atom is 0.330 e. The average Bonchev–Trinajstić information content (AvgIpc) is 2.43. The van der Waals surface area contributed by atoms with Crippen LogP contribution >= 0.6 is 0 Å². The van der Waals surface area contributed by atoms with Crippen LogP contribution in [0.4, 0.5) is 0 Å². The molecule has 7 nitrogen and oxygen atoms in total. The van der Waals surface area contributed by atoms with Crippen LogP contribution in [0.5, 0.6) is 5.75 Å². The van der Waals surface area contributed by atoms with Crippen LogP contribution in [-0.2, 0) is 14.4 Å². The highest BCUT2D eigenvalue weighted by Gasteiger charge is 2.24. The summed E-state index contributed by atoms with van der Waals surface area (Å²) in [6, 6.07) is 4.31. The Morgan fingerprint density at radius 1 is 1.14 bits per heavy atom. The molecule has 0 aliphatic heterocycles. The Morgan fingerprint density at radius 3 is 2.14 bits per heavy atom. The first kappa shape index (κ1) is 16.5. The number of aliphatic carboxylic acids is 1. The fraction of sp³-hybridized carbons (Fsp3) is 0.357. The Kier molecular flexibility index (Phi) is 5.71. The summed E-state index contributed by atoms with van der Waals surface area (Å²) in [5.74, 6) is -1.55. The highest BCUT2D eigenvalue weighted by molar-refractivity contribution is 5.90. The number of carboxylic acid groups (broad SMARTS) is 1. The van der Waals surface area contributed by atoms with Gasteiger partial charge < -0.3 is 20.5 Å². The third-order valence-electron chi connectivity index (χ3n) is 2.80. The fourth-order valence-corrected chi connectivity index (χ4v) is 1.72. The van der Waals surface area contributed by atoms with Crippen LogP contribution < -0.4 is 15.4 Å². The lowest BCUT2D eigenvalue weighted by Crippen LogP contribution is -2.46. The molecule has 0 bridgehead atoms. The number of hydrogen-bond donors (Lipinski definition) is 3. The molecule has 7 heteroatoms. The Balaban J connectivity index is 2.84. The average molecular weight is 294 g/mol. The molecule has 0 aliphatic rings. The van der Waals surface area contributed by atoms with E-state index in [1.54, 1.807) is 24.3 Å². The number of nitrogens with one attached hydrogen (secondary N) is 2. The second-order valence-corrected chi connectivity index (χ2v) is 4.48. The molecule has 0 aromatic heterocycles. The summed E-state index contributed by atoms with van der Waals surface area (Å²) in [6.07, 6.45) is 0. The van der Waals surface area contributed by atoms with Crippen LogP contribution in [0.25, 0.3) is 0 Å². The van der Waals surface area contributed by atoms with Gasteiger partial charge in [-0.1, -0.05) is 12.1 Å². The van der Waals surface area contributed by atoms with E-state index < -0.39 is 24.0 Å². The van der Waals surface area contributed by atoms with E-state index in [2.05, 4.69) is 10.6 Å². The first-order valence-corrected chi connectivity index (χ1v) is 6.29. The number of ether oxygens (including phenoxy) is 1. The number of methoxy groups -OCH3 is 1. The molecule has 3 N–H and O–H groups in total. The Bertz CT molecular complexity index is 527. The Labute approximate surface area is 122 Å². The number of carbonyl (C=O) groups is 3. The van der Waals surface area contributed by atoms with Gasteiger partial charge in [0.2, 0.25) is 11.8 Å². The molecule has 0 aliphatic carbocycles. The van der Waals surface area contributed by atoms with Crippen LogP contribution in [-0.4, -0.2) is 36.0 Å². The van der Waals surface area contributed by atoms with Gasteiger partial charge in [-0.2, -0.15) is 0 Å². The smallest absolute Gasteiger partial charge is 0.330 e. The van der Waals surface area contributed by atoms with E-state index in [0.29, 0.717) is 11.3 Å². The van der Waals surface area contributed by atoms with E-state index in [1.807, 2.05) is 0 Å². The number of benzene rings is 1. The molecule has 1 aromatic rings. The van der Waals surface area contributed by atoms with Gasteiger partial charge in [-0.25, -0.2) is 4.79 Å². The lowest BCUT2D eigenvalue weighted by atomic mass is 10.1. The van der Waals surface area contributed by atoms with Crippen molar-refractivity contribution in [1.29, 1.82) is 0 Å². The topological polar surface area (TPSA) is 105 Å². The van der Waals surface area contributed by atoms with Gasteiger partial charge in [-0.15, -0.1) is 0 Å². The number of carbonyl (C=O) groups excluding carboxylic acids is 2. The first-order valence-electron chi connectivity index (χ1n) is 6.29. The maximum atomic E-state index is 11.9. The highest BCUT2D eigenvalue weighted by atomic mass is 16.5. The summed E-state index contributed by atoms with van der Waals surface area (Å²) in [5, 5.41) is 14.0. The zero-order valence-electron chi connectivity index (χ0n) is 12.0. The molecular formula is C14H18N2O5. The van der Waals surface area contributed by atoms with Crippen molar-refractivity contribution in [3.05, 3.63) is 29.8 Å². The van der Waals surface area contributed by atoms with Crippen molar-refractivity contribution < 1.29 is 24.2 Å². The van der Waals surface area contributed by atoms with Crippen molar-refractivity contribution in [2.45, 2.75) is 25.9 Å². The van der Waals surface area contributed by atoms with Crippen molar-refractivity contribution in [2.24, 2.45) is 0 Å². The first-order chi connectivity index (χ1) is 9.85. The summed E-state index contributed by atoms with van der Waals surface area (Å²) in [6.45, 7) is 2.76. The molecule has 21 heavy (non-hydrogen) atoms. The third-order valence-corrected chi connectivity index (χ3v) is 2.80. The SMILES string of the molecule is COc1ccc(C(NC(=O)C(C)NC(C)=O)C(=O)O)cc1. The number of carboxylic acids is 1. The van der Waals surface area contributed by atoms with Gasteiger partial charge >= 0.3 is 5.97 Å². The molecule has 2 atom stereocenters. The molecule has 0 saturated heterocycles. The van der Waals surface area contributed by atoms with Gasteiger partial charge in [-0.3, -0.25) is 9.59 Å². The zero-order chi connectivity index (χ0) is 16.0. The van der Waals surface area contributed by atoms with E-state index in [-0.39, 0.29) is 5.91 Å². The van der Waals surface area contributed by atoms with Crippen molar-refractivity contribution in [1.82, 2.24) is 10.6 Å². The third kappa shape index (κ3) is 4.79. The molecule has 0 spiro atoms. The minimum absolute atomic E-state index is 0.367. The maximum absolute atomic E-state index is 11.9. The fourth-order valence-electron chi connectivity index (χ4n) is 1.72. The van der Waals surface area contributed by atoms with Gasteiger partial charge in [0.05, 0.1) is 7.11 Å². The molecule has 0 fully saturated rings. The predicted octanol–water partition coefficient (Wildman–Crippen LogP) is 0.462. The lowest BCUT2D eigenvalue weighted by Gasteiger charge is -2.18. The minimum Gasteiger partial charge on any atom is -0.497 e. The van der Waals surface area contributed by atoms with Gasteiger partial charge in [0.1, 0.15) is 11.8 Å². The predicted molar refractivity (Wildman–Crippen MR) is 74.8 cm³/mol. The van der Waals surface area contributed by atoms with E-state index >= 15 is 0 Å². The molecule has 0 radical (unpaired) electrons. The molecule has 1 rings (SSSR count). The van der Waals surface area contributed by atoms with Gasteiger partial charge in [-0.05, 0) is 24.6 Å². The van der Waals surface area contributed by atoms with Crippen molar-refractivity contribution in [2.75, 3.05) is 7.11 Å². The lowest BCUT2D eigenvalue weighted by molar-refractivity contribution is -0.142. The quantitative estimate of drug-likeness (QED) is 0.707. The van der Waals surface area contributed by atoms with Gasteiger partial charge in [0.25, 0.3) is 0 Å². The van der Waals surface area contributed by atoms with Crippen molar-refractivity contribution in [3.63, 3.8) is 0 Å². The molecule has 0 heterocycles. The Hall–Kier alpha value is -2.57. The largest absolute Gasteiger partial charge is 0.497 e. The van der Waals surface area contributed by atoms with Crippen LogP contribution in [0, 0.1) is 0 Å². The van der Waals surface area contributed by atoms with Gasteiger partial charge in [0.15, 0.2) is 6.04 Å². The molecular weight excluding hydrogens is 276 g/mol. The number of amides is 2. The molecule has 1 aromatic carbocycles. The summed E-state index contributed by atoms with van der Waals surface area (Å²) < 4.78 is 4.99. The number of rotatable bonds is 6. The van der Waals surface area contributed by atoms with E-state index in [4.69, 9.17) is 4.74 Å². The van der Waals surface area contributed by atoms with Crippen LogP contribution in [0.2, 0.25) is 0 Å². The summed E-state index contributed by atoms with van der Waals surface area (Å²) in [5.41, 5.74) is 0.409. The van der Waals surface area contributed by atoms with Crippen LogP contribution in [0.3, 0.4) is 0 Å². The molecule has 0 saturated carbocycles. The van der Waals surface area contributed by atoms with Crippen molar-refractivity contribution in [3.8, 4) is 5.75 Å². The second-order valence-electron chi connectivity index (χ2n) is 4.48. The summed E-state index contributed by atoms with van der Waals surface area (Å²) >= 11 is 0. The van der Waals surface area contributed by atoms with E-state index in [9.17, 15) is 19.5 Å². The van der Waals surface area contributed by atoms with E-state index in [1.165, 1.54) is 21.0 Å². The molecule has 114 valence electrons. The van der Waals surface area contributed by atoms with Crippen molar-refractivity contribution >= 4 is 17.8 Å². The monoisotopic (exact) mass is 294 g/mol. The second kappa shape index (κ2) is 7.28. The molecule has 2 amide bonds. The van der Waals surface area contributed by atoms with Gasteiger partial charge in [0, 0.05) is 6.92 Å². The summed E-state index contributed by atoms with van der Waals surface area (Å²) in [4.78, 5) is 34.1. The van der Waals surface area contributed by atoms with E-state index in [0.717, 1.165) is 0 Å². The highest BCUT2D eigenvalue weighted by Crippen LogP contribution is 2.18. The standard InChI is InChI=1S/C14H18N2O5/c1-8(15-9(2)17)13(18)16-12(14(19)20)10-4-6-11(21-3)7-5-10/h4-8,12H,1-3H3,(H,15,17)(H,16,18)(H,19,20). The number of hydrogen-bond acceptors (Lipinski definition) is 4. The van der Waals surface area contributed by atoms with Crippen LogP contribution in [0.1, 0.15) is 25.5 Å². The zero-order valence-corrected chi connectivity index (χ0v) is 12.0. The normalized spacial score (nSPS) is 12.9. The molecule has 2 unspecified atom stereocenters. The Morgan fingerprint density at radius 2 is 1.71 bits per heavy atom.